The molecule has 0 N–H and O–H groups in total. The van der Waals surface area contributed by atoms with Crippen LogP contribution in [0.4, 0.5) is 5.82 Å². The SMILES string of the molecule is CN(c1nc(-c2ccccc2)nc2ccccc12)C1CCCC1. The van der Waals surface area contributed by atoms with Crippen molar-refractivity contribution in [3.8, 4) is 11.4 Å². The number of fused-ring (bicyclic) bond motifs is 1. The summed E-state index contributed by atoms with van der Waals surface area (Å²) < 4.78 is 0. The van der Waals surface area contributed by atoms with Gasteiger partial charge in [-0.05, 0) is 25.0 Å². The molecule has 1 aliphatic carbocycles. The largest absolute Gasteiger partial charge is 0.356 e. The highest BCUT2D eigenvalue weighted by Crippen LogP contribution is 2.31. The second kappa shape index (κ2) is 5.99. The van der Waals surface area contributed by atoms with Crippen LogP contribution < -0.4 is 4.90 Å². The van der Waals surface area contributed by atoms with Crippen LogP contribution in [0.5, 0.6) is 0 Å². The van der Waals surface area contributed by atoms with Gasteiger partial charge >= 0.3 is 0 Å². The third kappa shape index (κ3) is 2.67. The van der Waals surface area contributed by atoms with Crippen molar-refractivity contribution >= 4 is 16.7 Å². The number of aromatic nitrogens is 2. The molecule has 2 aromatic carbocycles. The minimum absolute atomic E-state index is 0.594. The summed E-state index contributed by atoms with van der Waals surface area (Å²) in [4.78, 5) is 12.1. The summed E-state index contributed by atoms with van der Waals surface area (Å²) in [6.07, 6.45) is 5.16. The summed E-state index contributed by atoms with van der Waals surface area (Å²) in [7, 11) is 2.18. The fraction of sp³-hybridized carbons (Fsp3) is 0.300. The highest BCUT2D eigenvalue weighted by Gasteiger charge is 2.23. The topological polar surface area (TPSA) is 29.0 Å². The first kappa shape index (κ1) is 14.2. The molecular weight excluding hydrogens is 282 g/mol. The molecule has 1 aromatic heterocycles. The van der Waals surface area contributed by atoms with Crippen molar-refractivity contribution in [2.45, 2.75) is 31.7 Å². The summed E-state index contributed by atoms with van der Waals surface area (Å²) in [5, 5.41) is 1.14. The van der Waals surface area contributed by atoms with Gasteiger partial charge in [-0.3, -0.25) is 0 Å². The van der Waals surface area contributed by atoms with Gasteiger partial charge in [-0.2, -0.15) is 0 Å². The van der Waals surface area contributed by atoms with Gasteiger partial charge in [-0.1, -0.05) is 55.3 Å². The van der Waals surface area contributed by atoms with Gasteiger partial charge in [0.05, 0.1) is 5.52 Å². The zero-order valence-corrected chi connectivity index (χ0v) is 13.4. The van der Waals surface area contributed by atoms with Crippen LogP contribution in [0.3, 0.4) is 0 Å². The van der Waals surface area contributed by atoms with Crippen LogP contribution in [-0.4, -0.2) is 23.1 Å². The average molecular weight is 303 g/mol. The maximum absolute atomic E-state index is 4.93. The first-order chi connectivity index (χ1) is 11.3. The lowest BCUT2D eigenvalue weighted by Gasteiger charge is -2.27. The smallest absolute Gasteiger partial charge is 0.162 e. The Kier molecular flexibility index (Phi) is 3.70. The van der Waals surface area contributed by atoms with Gasteiger partial charge in [-0.15, -0.1) is 0 Å². The molecule has 0 saturated heterocycles. The Morgan fingerprint density at radius 1 is 0.870 bits per heavy atom. The van der Waals surface area contributed by atoms with Crippen LogP contribution in [0.25, 0.3) is 22.3 Å². The van der Waals surface area contributed by atoms with Crippen LogP contribution >= 0.6 is 0 Å². The quantitative estimate of drug-likeness (QED) is 0.703. The van der Waals surface area contributed by atoms with Gasteiger partial charge in [0.15, 0.2) is 5.82 Å². The monoisotopic (exact) mass is 303 g/mol. The molecule has 0 atom stereocenters. The summed E-state index contributed by atoms with van der Waals surface area (Å²) in [5.74, 6) is 1.87. The molecule has 0 aliphatic heterocycles. The number of para-hydroxylation sites is 1. The Morgan fingerprint density at radius 3 is 2.35 bits per heavy atom. The second-order valence-corrected chi connectivity index (χ2v) is 6.30. The zero-order chi connectivity index (χ0) is 15.6. The molecule has 3 nitrogen and oxygen atoms in total. The van der Waals surface area contributed by atoms with E-state index in [-0.39, 0.29) is 0 Å². The maximum Gasteiger partial charge on any atom is 0.162 e. The van der Waals surface area contributed by atoms with Gasteiger partial charge in [0.25, 0.3) is 0 Å². The molecule has 0 amide bonds. The molecule has 3 heteroatoms. The van der Waals surface area contributed by atoms with Gasteiger partial charge in [0, 0.05) is 24.0 Å². The highest BCUT2D eigenvalue weighted by atomic mass is 15.2. The Labute approximate surface area is 137 Å². The molecule has 0 radical (unpaired) electrons. The molecule has 23 heavy (non-hydrogen) atoms. The van der Waals surface area contributed by atoms with E-state index in [1.807, 2.05) is 24.3 Å². The fourth-order valence-corrected chi connectivity index (χ4v) is 3.51. The Morgan fingerprint density at radius 2 is 1.57 bits per heavy atom. The molecule has 1 saturated carbocycles. The molecule has 4 rings (SSSR count). The highest BCUT2D eigenvalue weighted by molar-refractivity contribution is 5.91. The van der Waals surface area contributed by atoms with E-state index in [1.54, 1.807) is 0 Å². The third-order valence-electron chi connectivity index (χ3n) is 4.82. The van der Waals surface area contributed by atoms with E-state index in [1.165, 1.54) is 25.7 Å². The van der Waals surface area contributed by atoms with E-state index in [4.69, 9.17) is 9.97 Å². The summed E-state index contributed by atoms with van der Waals surface area (Å²) in [5.41, 5.74) is 2.08. The Balaban J connectivity index is 1.87. The third-order valence-corrected chi connectivity index (χ3v) is 4.82. The minimum atomic E-state index is 0.594. The van der Waals surface area contributed by atoms with Crippen molar-refractivity contribution in [2.75, 3.05) is 11.9 Å². The average Bonchev–Trinajstić information content (AvgIpc) is 3.15. The molecule has 1 fully saturated rings. The van der Waals surface area contributed by atoms with Crippen molar-refractivity contribution in [1.82, 2.24) is 9.97 Å². The van der Waals surface area contributed by atoms with Crippen molar-refractivity contribution in [1.29, 1.82) is 0 Å². The van der Waals surface area contributed by atoms with E-state index in [0.717, 1.165) is 28.1 Å². The standard InChI is InChI=1S/C20H21N3/c1-23(16-11-5-6-12-16)20-17-13-7-8-14-18(17)21-19(22-20)15-9-3-2-4-10-15/h2-4,7-10,13-14,16H,5-6,11-12H2,1H3. The lowest BCUT2D eigenvalue weighted by atomic mass is 10.1. The zero-order valence-electron chi connectivity index (χ0n) is 13.4. The summed E-state index contributed by atoms with van der Waals surface area (Å²) in [6, 6.07) is 19.2. The molecule has 3 aromatic rings. The Hall–Kier alpha value is -2.42. The number of nitrogens with zero attached hydrogens (tertiary/aromatic N) is 3. The van der Waals surface area contributed by atoms with Crippen LogP contribution in [0, 0.1) is 0 Å². The number of benzene rings is 2. The first-order valence-electron chi connectivity index (χ1n) is 8.38. The van der Waals surface area contributed by atoms with Gasteiger partial charge < -0.3 is 4.90 Å². The molecule has 0 spiro atoms. The van der Waals surface area contributed by atoms with E-state index in [9.17, 15) is 0 Å². The normalized spacial score (nSPS) is 15.2. The predicted molar refractivity (Wildman–Crippen MR) is 95.6 cm³/mol. The van der Waals surface area contributed by atoms with Crippen molar-refractivity contribution in [3.05, 3.63) is 54.6 Å². The predicted octanol–water partition coefficient (Wildman–Crippen LogP) is 4.68. The van der Waals surface area contributed by atoms with Crippen molar-refractivity contribution in [3.63, 3.8) is 0 Å². The van der Waals surface area contributed by atoms with E-state index >= 15 is 0 Å². The second-order valence-electron chi connectivity index (χ2n) is 6.30. The molecule has 1 heterocycles. The molecule has 0 unspecified atom stereocenters. The number of rotatable bonds is 3. The fourth-order valence-electron chi connectivity index (χ4n) is 3.51. The molecule has 116 valence electrons. The van der Waals surface area contributed by atoms with Gasteiger partial charge in [0.2, 0.25) is 0 Å². The minimum Gasteiger partial charge on any atom is -0.356 e. The maximum atomic E-state index is 4.93. The molecule has 0 bridgehead atoms. The van der Waals surface area contributed by atoms with Crippen LogP contribution in [0.15, 0.2) is 54.6 Å². The van der Waals surface area contributed by atoms with E-state index in [2.05, 4.69) is 42.3 Å². The van der Waals surface area contributed by atoms with E-state index < -0.39 is 0 Å². The van der Waals surface area contributed by atoms with Crippen LogP contribution in [-0.2, 0) is 0 Å². The van der Waals surface area contributed by atoms with Gasteiger partial charge in [-0.25, -0.2) is 9.97 Å². The van der Waals surface area contributed by atoms with Crippen LogP contribution in [0.1, 0.15) is 25.7 Å². The molecular formula is C20H21N3. The lowest BCUT2D eigenvalue weighted by molar-refractivity contribution is 0.648. The number of hydrogen-bond acceptors (Lipinski definition) is 3. The molecule has 1 aliphatic rings. The summed E-state index contributed by atoms with van der Waals surface area (Å²) in [6.45, 7) is 0. The van der Waals surface area contributed by atoms with Crippen LogP contribution in [0.2, 0.25) is 0 Å². The van der Waals surface area contributed by atoms with Gasteiger partial charge in [0.1, 0.15) is 5.82 Å². The summed E-state index contributed by atoms with van der Waals surface area (Å²) >= 11 is 0. The first-order valence-corrected chi connectivity index (χ1v) is 8.38. The number of anilines is 1. The van der Waals surface area contributed by atoms with Crippen molar-refractivity contribution < 1.29 is 0 Å². The number of hydrogen-bond donors (Lipinski definition) is 0. The Bertz CT molecular complexity index is 807. The van der Waals surface area contributed by atoms with Crippen molar-refractivity contribution in [2.24, 2.45) is 0 Å². The lowest BCUT2D eigenvalue weighted by Crippen LogP contribution is -2.30. The van der Waals surface area contributed by atoms with E-state index in [0.29, 0.717) is 6.04 Å².